The van der Waals surface area contributed by atoms with E-state index in [-0.39, 0.29) is 11.4 Å². The van der Waals surface area contributed by atoms with Crippen LogP contribution >= 0.6 is 61.9 Å². The second-order valence-electron chi connectivity index (χ2n) is 7.37. The van der Waals surface area contributed by atoms with Gasteiger partial charge in [0.25, 0.3) is 5.91 Å². The minimum Gasteiger partial charge on any atom is -0.487 e. The van der Waals surface area contributed by atoms with Crippen LogP contribution in [-0.2, 0) is 17.8 Å². The van der Waals surface area contributed by atoms with E-state index in [9.17, 15) is 4.79 Å². The van der Waals surface area contributed by atoms with Crippen molar-refractivity contribution in [2.24, 2.45) is 0 Å². The van der Waals surface area contributed by atoms with Gasteiger partial charge in [0.1, 0.15) is 12.4 Å². The summed E-state index contributed by atoms with van der Waals surface area (Å²) in [5.41, 5.74) is 3.89. The average molecular weight is 656 g/mol. The number of hydrogen-bond acceptors (Lipinski definition) is 4. The van der Waals surface area contributed by atoms with Crippen molar-refractivity contribution in [2.75, 3.05) is 5.32 Å². The zero-order chi connectivity index (χ0) is 23.4. The third-order valence-electron chi connectivity index (χ3n) is 5.04. The molecule has 1 heterocycles. The van der Waals surface area contributed by atoms with E-state index in [1.54, 1.807) is 0 Å². The maximum Gasteiger partial charge on any atom is 0.260 e. The predicted molar refractivity (Wildman–Crippen MR) is 150 cm³/mol. The molecular weight excluding hydrogens is 635 g/mol. The van der Waals surface area contributed by atoms with Crippen molar-refractivity contribution >= 4 is 79.6 Å². The Hall–Kier alpha value is -1.68. The van der Waals surface area contributed by atoms with Gasteiger partial charge in [0.05, 0.1) is 12.9 Å². The third kappa shape index (κ3) is 6.26. The minimum atomic E-state index is -0.211. The highest BCUT2D eigenvalue weighted by Crippen LogP contribution is 2.36. The zero-order valence-corrected chi connectivity index (χ0v) is 23.0. The molecule has 3 aromatic carbocycles. The molecule has 0 aromatic heterocycles. The number of thioether (sulfide) groups is 1. The van der Waals surface area contributed by atoms with Crippen LogP contribution in [0.4, 0.5) is 5.69 Å². The maximum absolute atomic E-state index is 12.5. The second kappa shape index (κ2) is 11.2. The van der Waals surface area contributed by atoms with Gasteiger partial charge < -0.3 is 15.4 Å². The summed E-state index contributed by atoms with van der Waals surface area (Å²) in [5.74, 6) is 0.657. The standard InChI is InChI=1S/C25H21BrClIN2O2S/c1-2-15-7-9-18(10-8-15)29-25-30-24(31)22(33-25)13-16-11-19(26)23(21(28)12-16)32-14-17-5-3-4-6-20(17)27/h3-13,25,29H,2,14H2,1H3,(H,30,31)/b22-13-/t25-/m1/s1. The van der Waals surface area contributed by atoms with Crippen LogP contribution in [0.25, 0.3) is 6.08 Å². The van der Waals surface area contributed by atoms with Crippen LogP contribution in [0.2, 0.25) is 5.02 Å². The lowest BCUT2D eigenvalue weighted by atomic mass is 10.1. The molecule has 4 nitrogen and oxygen atoms in total. The minimum absolute atomic E-state index is 0.0899. The van der Waals surface area contributed by atoms with Crippen molar-refractivity contribution in [1.29, 1.82) is 0 Å². The molecule has 8 heteroatoms. The number of benzene rings is 3. The summed E-state index contributed by atoms with van der Waals surface area (Å²) in [6.45, 7) is 2.50. The van der Waals surface area contributed by atoms with Gasteiger partial charge >= 0.3 is 0 Å². The number of ether oxygens (including phenoxy) is 1. The Morgan fingerprint density at radius 3 is 2.67 bits per heavy atom. The Balaban J connectivity index is 1.44. The number of anilines is 1. The van der Waals surface area contributed by atoms with E-state index < -0.39 is 0 Å². The summed E-state index contributed by atoms with van der Waals surface area (Å²) < 4.78 is 7.79. The highest BCUT2D eigenvalue weighted by Gasteiger charge is 2.27. The number of rotatable bonds is 7. The van der Waals surface area contributed by atoms with Crippen LogP contribution < -0.4 is 15.4 Å². The van der Waals surface area contributed by atoms with Crippen molar-refractivity contribution in [3.63, 3.8) is 0 Å². The fraction of sp³-hybridized carbons (Fsp3) is 0.160. The molecule has 0 aliphatic carbocycles. The Bertz CT molecular complexity index is 1180. The molecule has 1 atom stereocenters. The Morgan fingerprint density at radius 1 is 1.21 bits per heavy atom. The molecule has 33 heavy (non-hydrogen) atoms. The van der Waals surface area contributed by atoms with Crippen molar-refractivity contribution < 1.29 is 9.53 Å². The molecule has 3 aromatic rings. The third-order valence-corrected chi connectivity index (χ3v) is 7.83. The molecule has 1 amide bonds. The lowest BCUT2D eigenvalue weighted by Gasteiger charge is -2.13. The van der Waals surface area contributed by atoms with Crippen LogP contribution in [-0.4, -0.2) is 11.4 Å². The van der Waals surface area contributed by atoms with E-state index in [1.807, 2.05) is 54.6 Å². The smallest absolute Gasteiger partial charge is 0.260 e. The first kappa shape index (κ1) is 24.4. The average Bonchev–Trinajstić information content (AvgIpc) is 3.13. The van der Waals surface area contributed by atoms with Gasteiger partial charge in [-0.1, -0.05) is 60.6 Å². The van der Waals surface area contributed by atoms with Crippen LogP contribution in [0.1, 0.15) is 23.6 Å². The summed E-state index contributed by atoms with van der Waals surface area (Å²) >= 11 is 13.6. The molecule has 1 aliphatic rings. The van der Waals surface area contributed by atoms with Gasteiger partial charge in [0.2, 0.25) is 0 Å². The number of nitrogens with one attached hydrogen (secondary N) is 2. The van der Waals surface area contributed by atoms with Gasteiger partial charge in [-0.05, 0) is 92.5 Å². The molecule has 0 radical (unpaired) electrons. The summed E-state index contributed by atoms with van der Waals surface area (Å²) in [7, 11) is 0. The highest BCUT2D eigenvalue weighted by molar-refractivity contribution is 14.1. The van der Waals surface area contributed by atoms with Crippen molar-refractivity contribution in [1.82, 2.24) is 5.32 Å². The van der Waals surface area contributed by atoms with Gasteiger partial charge in [-0.15, -0.1) is 0 Å². The maximum atomic E-state index is 12.5. The Labute approximate surface area is 224 Å². The fourth-order valence-corrected chi connectivity index (χ4v) is 6.21. The monoisotopic (exact) mass is 654 g/mol. The topological polar surface area (TPSA) is 50.4 Å². The Kier molecular flexibility index (Phi) is 8.27. The first-order valence-electron chi connectivity index (χ1n) is 10.3. The van der Waals surface area contributed by atoms with Gasteiger partial charge in [-0.25, -0.2) is 0 Å². The summed E-state index contributed by atoms with van der Waals surface area (Å²) in [5, 5.41) is 7.01. The molecule has 1 saturated heterocycles. The molecule has 0 bridgehead atoms. The SMILES string of the molecule is CCc1ccc(N[C@@H]2NC(=O)/C(=C/c3cc(Br)c(OCc4ccccc4Cl)c(I)c3)S2)cc1. The number of hydrogen-bond donors (Lipinski definition) is 2. The van der Waals surface area contributed by atoms with E-state index in [2.05, 4.69) is 68.2 Å². The number of aryl methyl sites for hydroxylation is 1. The van der Waals surface area contributed by atoms with Gasteiger partial charge in [0.15, 0.2) is 5.50 Å². The zero-order valence-electron chi connectivity index (χ0n) is 17.7. The molecule has 1 aliphatic heterocycles. The second-order valence-corrected chi connectivity index (χ2v) is 10.9. The van der Waals surface area contributed by atoms with Gasteiger partial charge in [0, 0.05) is 16.3 Å². The van der Waals surface area contributed by atoms with E-state index in [0.717, 1.165) is 37.0 Å². The number of halogens is 3. The first-order chi connectivity index (χ1) is 15.9. The lowest BCUT2D eigenvalue weighted by Crippen LogP contribution is -2.30. The van der Waals surface area contributed by atoms with E-state index in [0.29, 0.717) is 16.5 Å². The number of carbonyl (C=O) groups is 1. The van der Waals surface area contributed by atoms with Crippen LogP contribution in [0.3, 0.4) is 0 Å². The van der Waals surface area contributed by atoms with Crippen molar-refractivity contribution in [3.8, 4) is 5.75 Å². The fourth-order valence-electron chi connectivity index (χ4n) is 3.27. The van der Waals surface area contributed by atoms with E-state index in [4.69, 9.17) is 16.3 Å². The molecule has 2 N–H and O–H groups in total. The van der Waals surface area contributed by atoms with Crippen molar-refractivity contribution in [3.05, 3.63) is 95.3 Å². The van der Waals surface area contributed by atoms with Crippen LogP contribution in [0.15, 0.2) is 70.0 Å². The predicted octanol–water partition coefficient (Wildman–Crippen LogP) is 7.45. The normalized spacial score (nSPS) is 16.7. The highest BCUT2D eigenvalue weighted by atomic mass is 127. The molecule has 170 valence electrons. The molecule has 4 rings (SSSR count). The van der Waals surface area contributed by atoms with Crippen LogP contribution in [0, 0.1) is 3.57 Å². The molecule has 0 unspecified atom stereocenters. The van der Waals surface area contributed by atoms with Gasteiger partial charge in [-0.2, -0.15) is 0 Å². The molecular formula is C25H21BrClIN2O2S. The van der Waals surface area contributed by atoms with E-state index >= 15 is 0 Å². The molecule has 0 saturated carbocycles. The summed E-state index contributed by atoms with van der Waals surface area (Å²) in [6.07, 6.45) is 2.90. The van der Waals surface area contributed by atoms with Crippen LogP contribution in [0.5, 0.6) is 5.75 Å². The molecule has 0 spiro atoms. The number of amides is 1. The number of carbonyl (C=O) groups excluding carboxylic acids is 1. The summed E-state index contributed by atoms with van der Waals surface area (Å²) in [4.78, 5) is 13.2. The van der Waals surface area contributed by atoms with E-state index in [1.165, 1.54) is 17.3 Å². The Morgan fingerprint density at radius 2 is 1.97 bits per heavy atom. The molecule has 1 fully saturated rings. The quantitative estimate of drug-likeness (QED) is 0.205. The summed E-state index contributed by atoms with van der Waals surface area (Å²) in [6, 6.07) is 19.8. The lowest BCUT2D eigenvalue weighted by molar-refractivity contribution is -0.116. The largest absolute Gasteiger partial charge is 0.487 e. The first-order valence-corrected chi connectivity index (χ1v) is 13.5. The van der Waals surface area contributed by atoms with Gasteiger partial charge in [-0.3, -0.25) is 4.79 Å². The van der Waals surface area contributed by atoms with Crippen molar-refractivity contribution in [2.45, 2.75) is 25.4 Å².